The summed E-state index contributed by atoms with van der Waals surface area (Å²) in [6.45, 7) is 5.28. The third-order valence-electron chi connectivity index (χ3n) is 3.04. The van der Waals surface area contributed by atoms with E-state index in [9.17, 15) is 4.79 Å². The van der Waals surface area contributed by atoms with Crippen molar-refractivity contribution in [3.63, 3.8) is 0 Å². The van der Waals surface area contributed by atoms with Gasteiger partial charge in [-0.15, -0.1) is 24.0 Å². The van der Waals surface area contributed by atoms with Crippen LogP contribution < -0.4 is 16.0 Å². The Balaban J connectivity index is 0.00000441. The molecule has 0 saturated heterocycles. The van der Waals surface area contributed by atoms with E-state index in [0.29, 0.717) is 29.7 Å². The number of halogens is 2. The van der Waals surface area contributed by atoms with Crippen molar-refractivity contribution in [2.24, 2.45) is 4.99 Å². The molecule has 22 heavy (non-hydrogen) atoms. The quantitative estimate of drug-likeness (QED) is 0.277. The number of hydrogen-bond donors (Lipinski definition) is 3. The lowest BCUT2D eigenvalue weighted by molar-refractivity contribution is 0.0954. The second kappa shape index (κ2) is 11.5. The summed E-state index contributed by atoms with van der Waals surface area (Å²) in [6.07, 6.45) is 1.02. The highest BCUT2D eigenvalue weighted by atomic mass is 127. The van der Waals surface area contributed by atoms with Crippen LogP contribution in [0.1, 0.15) is 30.6 Å². The second-order valence-electron chi connectivity index (χ2n) is 4.69. The molecule has 3 N–H and O–H groups in total. The normalized spacial score (nSPS) is 12.1. The number of carbonyl (C=O) groups excluding carboxylic acids is 1. The van der Waals surface area contributed by atoms with E-state index in [0.717, 1.165) is 12.4 Å². The fourth-order valence-corrected chi connectivity index (χ4v) is 1.85. The van der Waals surface area contributed by atoms with Crippen LogP contribution in [-0.2, 0) is 0 Å². The SMILES string of the molecule is CCC(C)NC(=NC)NCCNC(=O)c1ccccc1Cl.I. The lowest BCUT2D eigenvalue weighted by Gasteiger charge is -2.16. The first-order chi connectivity index (χ1) is 10.1. The summed E-state index contributed by atoms with van der Waals surface area (Å²) in [5, 5.41) is 9.67. The van der Waals surface area contributed by atoms with E-state index in [2.05, 4.69) is 34.8 Å². The molecule has 1 atom stereocenters. The van der Waals surface area contributed by atoms with E-state index < -0.39 is 0 Å². The summed E-state index contributed by atoms with van der Waals surface area (Å²) in [7, 11) is 1.72. The van der Waals surface area contributed by atoms with Crippen LogP contribution in [0, 0.1) is 0 Å². The Morgan fingerprint density at radius 1 is 1.27 bits per heavy atom. The van der Waals surface area contributed by atoms with Crippen LogP contribution >= 0.6 is 35.6 Å². The van der Waals surface area contributed by atoms with Crippen molar-refractivity contribution in [2.75, 3.05) is 20.1 Å². The van der Waals surface area contributed by atoms with Crippen LogP contribution in [0.4, 0.5) is 0 Å². The molecule has 0 spiro atoms. The molecule has 1 unspecified atom stereocenters. The summed E-state index contributed by atoms with van der Waals surface area (Å²) >= 11 is 5.97. The molecular formula is C15H24ClIN4O. The first kappa shape index (κ1) is 21.0. The molecule has 0 fully saturated rings. The molecule has 7 heteroatoms. The zero-order valence-corrected chi connectivity index (χ0v) is 16.2. The van der Waals surface area contributed by atoms with Crippen molar-refractivity contribution in [2.45, 2.75) is 26.3 Å². The van der Waals surface area contributed by atoms with Crippen molar-refractivity contribution in [3.8, 4) is 0 Å². The zero-order valence-electron chi connectivity index (χ0n) is 13.1. The fourth-order valence-electron chi connectivity index (χ4n) is 1.63. The monoisotopic (exact) mass is 438 g/mol. The molecule has 5 nitrogen and oxygen atoms in total. The molecule has 1 amide bonds. The lowest BCUT2D eigenvalue weighted by atomic mass is 10.2. The average molecular weight is 439 g/mol. The molecule has 1 aromatic carbocycles. The van der Waals surface area contributed by atoms with Gasteiger partial charge in [-0.05, 0) is 25.5 Å². The predicted molar refractivity (Wildman–Crippen MR) is 103 cm³/mol. The smallest absolute Gasteiger partial charge is 0.252 e. The van der Waals surface area contributed by atoms with E-state index in [1.165, 1.54) is 0 Å². The first-order valence-corrected chi connectivity index (χ1v) is 7.46. The van der Waals surface area contributed by atoms with Crippen molar-refractivity contribution in [1.29, 1.82) is 0 Å². The summed E-state index contributed by atoms with van der Waals surface area (Å²) in [5.41, 5.74) is 0.487. The number of rotatable bonds is 6. The highest BCUT2D eigenvalue weighted by Crippen LogP contribution is 2.14. The number of benzene rings is 1. The summed E-state index contributed by atoms with van der Waals surface area (Å²) in [5.74, 6) is 0.559. The van der Waals surface area contributed by atoms with Crippen LogP contribution in [0.5, 0.6) is 0 Å². The molecule has 1 aromatic rings. The lowest BCUT2D eigenvalue weighted by Crippen LogP contribution is -2.44. The van der Waals surface area contributed by atoms with Crippen LogP contribution in [0.15, 0.2) is 29.3 Å². The maximum Gasteiger partial charge on any atom is 0.252 e. The molecule has 1 rings (SSSR count). The van der Waals surface area contributed by atoms with Gasteiger partial charge in [0.2, 0.25) is 0 Å². The van der Waals surface area contributed by atoms with Crippen LogP contribution in [0.3, 0.4) is 0 Å². The van der Waals surface area contributed by atoms with Gasteiger partial charge in [-0.1, -0.05) is 30.7 Å². The van der Waals surface area contributed by atoms with Crippen LogP contribution in [-0.4, -0.2) is 38.0 Å². The molecular weight excluding hydrogens is 415 g/mol. The highest BCUT2D eigenvalue weighted by molar-refractivity contribution is 14.0. The molecule has 0 radical (unpaired) electrons. The molecule has 0 aliphatic heterocycles. The van der Waals surface area contributed by atoms with Gasteiger partial charge < -0.3 is 16.0 Å². The van der Waals surface area contributed by atoms with Crippen molar-refractivity contribution in [1.82, 2.24) is 16.0 Å². The number of hydrogen-bond acceptors (Lipinski definition) is 2. The van der Waals surface area contributed by atoms with E-state index in [4.69, 9.17) is 11.6 Å². The maximum atomic E-state index is 11.9. The third kappa shape index (κ3) is 7.31. The minimum Gasteiger partial charge on any atom is -0.355 e. The van der Waals surface area contributed by atoms with Gasteiger partial charge in [0, 0.05) is 26.2 Å². The van der Waals surface area contributed by atoms with E-state index in [-0.39, 0.29) is 29.9 Å². The van der Waals surface area contributed by atoms with Crippen molar-refractivity contribution >= 4 is 47.4 Å². The van der Waals surface area contributed by atoms with Crippen LogP contribution in [0.25, 0.3) is 0 Å². The minimum absolute atomic E-state index is 0. The maximum absolute atomic E-state index is 11.9. The number of amides is 1. The van der Waals surface area contributed by atoms with Crippen LogP contribution in [0.2, 0.25) is 5.02 Å². The Kier molecular flexibility index (Phi) is 11.0. The predicted octanol–water partition coefficient (Wildman–Crippen LogP) is 2.65. The summed E-state index contributed by atoms with van der Waals surface area (Å²) in [6, 6.07) is 7.34. The minimum atomic E-state index is -0.174. The Hall–Kier alpha value is -1.02. The number of carbonyl (C=O) groups is 1. The van der Waals surface area contributed by atoms with E-state index >= 15 is 0 Å². The average Bonchev–Trinajstić information content (AvgIpc) is 2.50. The molecule has 0 heterocycles. The summed E-state index contributed by atoms with van der Waals surface area (Å²) < 4.78 is 0. The Bertz CT molecular complexity index is 496. The molecule has 124 valence electrons. The second-order valence-corrected chi connectivity index (χ2v) is 5.10. The Morgan fingerprint density at radius 2 is 1.91 bits per heavy atom. The topological polar surface area (TPSA) is 65.5 Å². The number of nitrogens with zero attached hydrogens (tertiary/aromatic N) is 1. The van der Waals surface area contributed by atoms with E-state index in [1.54, 1.807) is 31.3 Å². The van der Waals surface area contributed by atoms with Gasteiger partial charge in [0.05, 0.1) is 10.6 Å². The zero-order chi connectivity index (χ0) is 15.7. The Morgan fingerprint density at radius 3 is 2.50 bits per heavy atom. The molecule has 0 aromatic heterocycles. The first-order valence-electron chi connectivity index (χ1n) is 7.08. The number of nitrogens with one attached hydrogen (secondary N) is 3. The molecule has 0 saturated carbocycles. The number of guanidine groups is 1. The Labute approximate surface area is 154 Å². The third-order valence-corrected chi connectivity index (χ3v) is 3.37. The van der Waals surface area contributed by atoms with Crippen molar-refractivity contribution in [3.05, 3.63) is 34.9 Å². The summed E-state index contributed by atoms with van der Waals surface area (Å²) in [4.78, 5) is 16.1. The van der Waals surface area contributed by atoms with Gasteiger partial charge in [-0.3, -0.25) is 9.79 Å². The van der Waals surface area contributed by atoms with Gasteiger partial charge in [0.25, 0.3) is 5.91 Å². The molecule has 0 bridgehead atoms. The number of aliphatic imine (C=N–C) groups is 1. The molecule has 0 aliphatic carbocycles. The van der Waals surface area contributed by atoms with Gasteiger partial charge in [-0.25, -0.2) is 0 Å². The van der Waals surface area contributed by atoms with Gasteiger partial charge in [0.15, 0.2) is 5.96 Å². The standard InChI is InChI=1S/C15H23ClN4O.HI/c1-4-11(2)20-15(17-3)19-10-9-18-14(21)12-7-5-6-8-13(12)16;/h5-8,11H,4,9-10H2,1-3H3,(H,18,21)(H2,17,19,20);1H. The van der Waals surface area contributed by atoms with Gasteiger partial charge in [-0.2, -0.15) is 0 Å². The van der Waals surface area contributed by atoms with Gasteiger partial charge in [0.1, 0.15) is 0 Å². The van der Waals surface area contributed by atoms with E-state index in [1.807, 2.05) is 0 Å². The largest absolute Gasteiger partial charge is 0.355 e. The fraction of sp³-hybridized carbons (Fsp3) is 0.467. The molecule has 0 aliphatic rings. The van der Waals surface area contributed by atoms with Crippen molar-refractivity contribution < 1.29 is 4.79 Å². The highest BCUT2D eigenvalue weighted by Gasteiger charge is 2.08. The van der Waals surface area contributed by atoms with Gasteiger partial charge >= 0.3 is 0 Å².